The van der Waals surface area contributed by atoms with Crippen LogP contribution in [0, 0.1) is 11.3 Å². The van der Waals surface area contributed by atoms with Crippen LogP contribution in [0.1, 0.15) is 37.0 Å². The van der Waals surface area contributed by atoms with Crippen LogP contribution in [-0.2, 0) is 11.3 Å². The molecule has 1 aromatic carbocycles. The van der Waals surface area contributed by atoms with Gasteiger partial charge in [-0.25, -0.2) is 14.8 Å². The van der Waals surface area contributed by atoms with E-state index in [4.69, 9.17) is 26.3 Å². The van der Waals surface area contributed by atoms with E-state index in [0.29, 0.717) is 35.4 Å². The molecule has 3 aliphatic rings. The molecule has 1 unspecified atom stereocenters. The van der Waals surface area contributed by atoms with Gasteiger partial charge >= 0.3 is 6.09 Å². The van der Waals surface area contributed by atoms with E-state index in [1.165, 1.54) is 16.7 Å². The maximum Gasteiger partial charge on any atom is 0.407 e. The van der Waals surface area contributed by atoms with Crippen LogP contribution in [0.4, 0.5) is 10.6 Å². The number of carboxylic acid groups (broad SMARTS) is 1. The number of fused-ring (bicyclic) bond motifs is 5. The van der Waals surface area contributed by atoms with Crippen molar-refractivity contribution in [2.24, 2.45) is 0 Å². The van der Waals surface area contributed by atoms with Crippen LogP contribution in [-0.4, -0.2) is 57.0 Å². The number of likely N-dealkylation sites (tertiary alicyclic amines) is 1. The number of rotatable bonds is 4. The minimum absolute atomic E-state index is 0.0495. The summed E-state index contributed by atoms with van der Waals surface area (Å²) in [5.74, 6) is 1.57. The summed E-state index contributed by atoms with van der Waals surface area (Å²) in [5, 5.41) is 20.8. The fourth-order valence-electron chi connectivity index (χ4n) is 4.91. The molecule has 3 atom stereocenters. The van der Waals surface area contributed by atoms with Crippen molar-refractivity contribution >= 4 is 62.1 Å². The molecule has 2 bridgehead atoms. The Bertz CT molecular complexity index is 1140. The number of piperazine rings is 1. The zero-order valence-corrected chi connectivity index (χ0v) is 19.8. The van der Waals surface area contributed by atoms with E-state index in [1.807, 2.05) is 6.92 Å². The highest BCUT2D eigenvalue weighted by Crippen LogP contribution is 2.49. The third-order valence-corrected chi connectivity index (χ3v) is 8.39. The second-order valence-electron chi connectivity index (χ2n) is 7.80. The molecular weight excluding hydrogens is 506 g/mol. The largest absolute Gasteiger partial charge is 0.465 e. The Morgan fingerprint density at radius 1 is 1.42 bits per heavy atom. The summed E-state index contributed by atoms with van der Waals surface area (Å²) in [6, 6.07) is 2.21. The van der Waals surface area contributed by atoms with Crippen LogP contribution in [0.3, 0.4) is 0 Å². The highest BCUT2D eigenvalue weighted by atomic mass is 79.9. The summed E-state index contributed by atoms with van der Waals surface area (Å²) in [6.45, 7) is 3.43. The topological polar surface area (TPSA) is 103 Å². The van der Waals surface area contributed by atoms with E-state index in [0.717, 1.165) is 39.0 Å². The van der Waals surface area contributed by atoms with E-state index in [9.17, 15) is 15.2 Å². The molecule has 2 fully saturated rings. The van der Waals surface area contributed by atoms with Gasteiger partial charge in [-0.2, -0.15) is 5.26 Å². The predicted octanol–water partition coefficient (Wildman–Crippen LogP) is 4.58. The lowest BCUT2D eigenvalue weighted by Crippen LogP contribution is -2.48. The third kappa shape index (κ3) is 3.25. The molecule has 2 saturated heterocycles. The molecule has 1 N–H and O–H groups in total. The first-order valence-electron chi connectivity index (χ1n) is 10.0. The number of nitrogens with zero attached hydrogens (tertiary/aromatic N) is 5. The van der Waals surface area contributed by atoms with Crippen molar-refractivity contribution in [3.05, 3.63) is 20.6 Å². The van der Waals surface area contributed by atoms with Crippen LogP contribution >= 0.6 is 39.3 Å². The lowest BCUT2D eigenvalue weighted by atomic mass is 9.97. The van der Waals surface area contributed by atoms with Crippen molar-refractivity contribution in [3.63, 3.8) is 0 Å². The molecule has 31 heavy (non-hydrogen) atoms. The monoisotopic (exact) mass is 523 g/mol. The van der Waals surface area contributed by atoms with Gasteiger partial charge in [0.1, 0.15) is 5.82 Å². The van der Waals surface area contributed by atoms with E-state index in [2.05, 4.69) is 26.9 Å². The number of ether oxygens (including phenoxy) is 1. The third-order valence-electron chi connectivity index (χ3n) is 6.19. The molecular formula is C20H19BrClN5O3S. The first-order chi connectivity index (χ1) is 14.9. The van der Waals surface area contributed by atoms with Gasteiger partial charge in [0.25, 0.3) is 0 Å². The SMILES string of the molecule is CCSc1nc(N2C[C@H]3C[C@@H]2CN3C(=O)O)c2c3c(c(Br)c(Cl)c2n1)COC3CC#N. The average molecular weight is 525 g/mol. The van der Waals surface area contributed by atoms with Crippen molar-refractivity contribution in [3.8, 4) is 6.07 Å². The zero-order chi connectivity index (χ0) is 21.9. The van der Waals surface area contributed by atoms with Gasteiger partial charge < -0.3 is 19.6 Å². The molecule has 162 valence electrons. The van der Waals surface area contributed by atoms with Crippen molar-refractivity contribution in [1.82, 2.24) is 14.9 Å². The fourth-order valence-corrected chi connectivity index (χ4v) is 6.24. The number of amides is 1. The van der Waals surface area contributed by atoms with Crippen molar-refractivity contribution in [2.45, 2.75) is 49.7 Å². The molecule has 0 spiro atoms. The molecule has 1 aromatic heterocycles. The molecule has 1 amide bonds. The maximum absolute atomic E-state index is 11.5. The van der Waals surface area contributed by atoms with Crippen molar-refractivity contribution in [2.75, 3.05) is 23.7 Å². The number of hydrogen-bond acceptors (Lipinski definition) is 7. The first-order valence-corrected chi connectivity index (χ1v) is 12.2. The minimum Gasteiger partial charge on any atom is -0.465 e. The number of hydrogen-bond donors (Lipinski definition) is 1. The minimum atomic E-state index is -0.878. The molecule has 11 heteroatoms. The predicted molar refractivity (Wildman–Crippen MR) is 121 cm³/mol. The zero-order valence-electron chi connectivity index (χ0n) is 16.6. The maximum atomic E-state index is 11.5. The molecule has 5 rings (SSSR count). The Morgan fingerprint density at radius 2 is 2.23 bits per heavy atom. The molecule has 0 aliphatic carbocycles. The van der Waals surface area contributed by atoms with Crippen LogP contribution < -0.4 is 4.90 Å². The van der Waals surface area contributed by atoms with Gasteiger partial charge in [0, 0.05) is 28.7 Å². The highest BCUT2D eigenvalue weighted by molar-refractivity contribution is 9.10. The van der Waals surface area contributed by atoms with Gasteiger partial charge in [-0.15, -0.1) is 0 Å². The number of carbonyl (C=O) groups is 1. The molecule has 0 saturated carbocycles. The highest BCUT2D eigenvalue weighted by Gasteiger charge is 2.47. The molecule has 2 aromatic rings. The lowest BCUT2D eigenvalue weighted by molar-refractivity contribution is 0.0700. The number of halogens is 2. The Morgan fingerprint density at radius 3 is 2.87 bits per heavy atom. The van der Waals surface area contributed by atoms with E-state index < -0.39 is 6.09 Å². The van der Waals surface area contributed by atoms with E-state index in [1.54, 1.807) is 0 Å². The smallest absolute Gasteiger partial charge is 0.407 e. The van der Waals surface area contributed by atoms with Crippen molar-refractivity contribution in [1.29, 1.82) is 5.26 Å². The molecule has 8 nitrogen and oxygen atoms in total. The van der Waals surface area contributed by atoms with Crippen molar-refractivity contribution < 1.29 is 14.6 Å². The number of aromatic nitrogens is 2. The fraction of sp³-hybridized carbons (Fsp3) is 0.500. The number of nitriles is 1. The van der Waals surface area contributed by atoms with Crippen LogP contribution in [0.5, 0.6) is 0 Å². The number of benzene rings is 1. The Hall–Kier alpha value is -1.80. The quantitative estimate of drug-likeness (QED) is 0.458. The Balaban J connectivity index is 1.73. The summed E-state index contributed by atoms with van der Waals surface area (Å²) in [5.41, 5.74) is 2.48. The normalized spacial score (nSPS) is 24.1. The summed E-state index contributed by atoms with van der Waals surface area (Å²) in [7, 11) is 0. The van der Waals surface area contributed by atoms with Crippen LogP contribution in [0.15, 0.2) is 9.63 Å². The second-order valence-corrected chi connectivity index (χ2v) is 10.2. The van der Waals surface area contributed by atoms with Gasteiger partial charge in [-0.1, -0.05) is 30.3 Å². The summed E-state index contributed by atoms with van der Waals surface area (Å²) < 4.78 is 6.68. The van der Waals surface area contributed by atoms with Gasteiger partial charge in [0.2, 0.25) is 0 Å². The first kappa shape index (κ1) is 21.1. The Kier molecular flexibility index (Phi) is 5.41. The van der Waals surface area contributed by atoms with E-state index in [-0.39, 0.29) is 24.6 Å². The van der Waals surface area contributed by atoms with Gasteiger partial charge in [-0.05, 0) is 28.1 Å². The summed E-state index contributed by atoms with van der Waals surface area (Å²) in [6.07, 6.45) is -0.255. The number of anilines is 1. The van der Waals surface area contributed by atoms with Crippen LogP contribution in [0.25, 0.3) is 10.9 Å². The lowest BCUT2D eigenvalue weighted by Gasteiger charge is -2.34. The van der Waals surface area contributed by atoms with Crippen LogP contribution in [0.2, 0.25) is 5.02 Å². The van der Waals surface area contributed by atoms with E-state index >= 15 is 0 Å². The second kappa shape index (κ2) is 7.96. The summed E-state index contributed by atoms with van der Waals surface area (Å²) >= 11 is 11.9. The summed E-state index contributed by atoms with van der Waals surface area (Å²) in [4.78, 5) is 24.9. The average Bonchev–Trinajstić information content (AvgIpc) is 3.46. The van der Waals surface area contributed by atoms with Gasteiger partial charge in [-0.3, -0.25) is 0 Å². The van der Waals surface area contributed by atoms with Gasteiger partial charge in [0.05, 0.1) is 53.2 Å². The molecule has 3 aliphatic heterocycles. The molecule has 0 radical (unpaired) electrons. The van der Waals surface area contributed by atoms with Gasteiger partial charge in [0.15, 0.2) is 5.16 Å². The number of thioether (sulfide) groups is 1. The molecule has 4 heterocycles. The standard InChI is InChI=1S/C20H19BrClN5O3S/c1-2-31-19-24-17-14(13-11(15(21)16(17)22)8-30-12(13)3-4-23)18(25-19)26-6-10-5-9(26)7-27(10)20(28)29/h9-10,12H,2-3,5-8H2,1H3,(H,28,29)/t9-,10-,12?/m1/s1. The Labute approximate surface area is 196 Å².